The van der Waals surface area contributed by atoms with Gasteiger partial charge in [0.25, 0.3) is 5.65 Å². The number of aromatic nitrogens is 4. The molecule has 0 saturated carbocycles. The van der Waals surface area contributed by atoms with E-state index in [9.17, 15) is 0 Å². The van der Waals surface area contributed by atoms with Crippen molar-refractivity contribution >= 4 is 11.4 Å². The van der Waals surface area contributed by atoms with Crippen LogP contribution in [0.25, 0.3) is 22.7 Å². The van der Waals surface area contributed by atoms with Crippen LogP contribution in [0.4, 0.5) is 0 Å². The van der Waals surface area contributed by atoms with Crippen molar-refractivity contribution in [2.45, 2.75) is 0 Å². The van der Waals surface area contributed by atoms with Crippen LogP contribution in [-0.4, -0.2) is 14.6 Å². The predicted octanol–water partition coefficient (Wildman–Crippen LogP) is 2.13. The Balaban J connectivity index is 2.13. The van der Waals surface area contributed by atoms with Gasteiger partial charge >= 0.3 is 5.78 Å². The van der Waals surface area contributed by atoms with Gasteiger partial charge < -0.3 is 0 Å². The summed E-state index contributed by atoms with van der Waals surface area (Å²) in [6.07, 6.45) is 3.79. The number of hydrogen-bond acceptors (Lipinski definition) is 2. The maximum atomic E-state index is 4.61. The molecule has 0 aliphatic heterocycles. The Hall–Kier alpha value is -2.75. The number of fused-ring (bicyclic) bond motifs is 3. The summed E-state index contributed by atoms with van der Waals surface area (Å²) in [5.41, 5.74) is 3.05. The number of benzene rings is 1. The summed E-state index contributed by atoms with van der Waals surface area (Å²) in [5.74, 6) is 0.817. The van der Waals surface area contributed by atoms with Crippen molar-refractivity contribution in [3.8, 4) is 11.3 Å². The molecule has 0 unspecified atom stereocenters. The first kappa shape index (κ1) is 10.2. The molecule has 0 aliphatic rings. The summed E-state index contributed by atoms with van der Waals surface area (Å²) in [4.78, 5) is 4.42. The van der Waals surface area contributed by atoms with Crippen LogP contribution in [-0.2, 0) is 0 Å². The molecule has 0 spiro atoms. The van der Waals surface area contributed by atoms with E-state index in [0.29, 0.717) is 0 Å². The van der Waals surface area contributed by atoms with E-state index < -0.39 is 0 Å². The zero-order valence-electron chi connectivity index (χ0n) is 10.1. The van der Waals surface area contributed by atoms with Crippen molar-refractivity contribution in [2.24, 2.45) is 0 Å². The number of rotatable bonds is 1. The lowest BCUT2D eigenvalue weighted by atomic mass is 10.1. The second kappa shape index (κ2) is 3.88. The van der Waals surface area contributed by atoms with E-state index >= 15 is 0 Å². The molecule has 4 nitrogen and oxygen atoms in total. The van der Waals surface area contributed by atoms with Crippen LogP contribution in [0.1, 0.15) is 0 Å². The van der Waals surface area contributed by atoms with Crippen LogP contribution < -0.4 is 4.40 Å². The first-order valence-electron chi connectivity index (χ1n) is 6.13. The Morgan fingerprint density at radius 2 is 1.74 bits per heavy atom. The molecule has 0 atom stereocenters. The minimum absolute atomic E-state index is 0.817. The lowest BCUT2D eigenvalue weighted by Crippen LogP contribution is -2.20. The second-order valence-corrected chi connectivity index (χ2v) is 4.34. The lowest BCUT2D eigenvalue weighted by molar-refractivity contribution is -0.485. The van der Waals surface area contributed by atoms with Gasteiger partial charge in [-0.3, -0.25) is 0 Å². The van der Waals surface area contributed by atoms with Crippen molar-refractivity contribution in [3.05, 3.63) is 67.0 Å². The fourth-order valence-corrected chi connectivity index (χ4v) is 2.28. The molecule has 0 fully saturated rings. The van der Waals surface area contributed by atoms with Crippen molar-refractivity contribution in [1.29, 1.82) is 0 Å². The quantitative estimate of drug-likeness (QED) is 0.483. The van der Waals surface area contributed by atoms with Crippen molar-refractivity contribution in [1.82, 2.24) is 14.6 Å². The van der Waals surface area contributed by atoms with Gasteiger partial charge in [-0.1, -0.05) is 40.9 Å². The maximum absolute atomic E-state index is 4.61. The molecule has 19 heavy (non-hydrogen) atoms. The van der Waals surface area contributed by atoms with Gasteiger partial charge in [-0.15, -0.1) is 4.98 Å². The molecule has 4 heteroatoms. The van der Waals surface area contributed by atoms with Gasteiger partial charge in [0, 0.05) is 22.8 Å². The number of hydrogen-bond donors (Lipinski definition) is 0. The minimum atomic E-state index is 0.817. The monoisotopic (exact) mass is 247 g/mol. The molecule has 90 valence electrons. The van der Waals surface area contributed by atoms with Crippen LogP contribution in [0.5, 0.6) is 0 Å². The summed E-state index contributed by atoms with van der Waals surface area (Å²) >= 11 is 0. The highest BCUT2D eigenvalue weighted by Crippen LogP contribution is 2.17. The normalized spacial score (nSPS) is 11.2. The van der Waals surface area contributed by atoms with Crippen molar-refractivity contribution in [2.75, 3.05) is 0 Å². The number of pyridine rings is 1. The first-order valence-corrected chi connectivity index (χ1v) is 6.13. The second-order valence-electron chi connectivity index (χ2n) is 4.34. The van der Waals surface area contributed by atoms with Gasteiger partial charge in [-0.05, 0) is 6.07 Å². The summed E-state index contributed by atoms with van der Waals surface area (Å²) in [7, 11) is 0. The SMILES string of the molecule is c1ccc(-c2ccnc3n2nc2cccc[n+]23)cc1. The first-order chi connectivity index (χ1) is 9.43. The van der Waals surface area contributed by atoms with E-state index in [1.165, 1.54) is 0 Å². The third kappa shape index (κ3) is 1.50. The zero-order chi connectivity index (χ0) is 12.7. The Bertz CT molecular complexity index is 865. The van der Waals surface area contributed by atoms with Crippen LogP contribution in [0.2, 0.25) is 0 Å². The zero-order valence-corrected chi connectivity index (χ0v) is 10.1. The van der Waals surface area contributed by atoms with Gasteiger partial charge in [0.15, 0.2) is 0 Å². The minimum Gasteiger partial charge on any atom is -0.191 e. The molecule has 4 rings (SSSR count). The summed E-state index contributed by atoms with van der Waals surface area (Å²) in [5, 5.41) is 4.61. The molecular formula is C15H11N4+. The molecule has 0 N–H and O–H groups in total. The standard InChI is InChI=1S/C15H11N4/c1-2-6-12(7-3-1)13-9-10-16-15-18-11-5-4-8-14(18)17-19(13)15/h1-11H/q+1. The smallest absolute Gasteiger partial charge is 0.191 e. The fraction of sp³-hybridized carbons (Fsp3) is 0. The summed E-state index contributed by atoms with van der Waals surface area (Å²) < 4.78 is 3.86. The molecule has 4 aromatic rings. The van der Waals surface area contributed by atoms with Crippen LogP contribution in [0.15, 0.2) is 67.0 Å². The number of nitrogens with zero attached hydrogens (tertiary/aromatic N) is 4. The van der Waals surface area contributed by atoms with Crippen LogP contribution in [0, 0.1) is 0 Å². The molecule has 3 heterocycles. The average molecular weight is 247 g/mol. The lowest BCUT2D eigenvalue weighted by Gasteiger charge is -1.97. The Morgan fingerprint density at radius 1 is 0.895 bits per heavy atom. The van der Waals surface area contributed by atoms with E-state index in [-0.39, 0.29) is 0 Å². The molecule has 1 aromatic carbocycles. The van der Waals surface area contributed by atoms with Crippen LogP contribution >= 0.6 is 0 Å². The maximum Gasteiger partial charge on any atom is 0.392 e. The average Bonchev–Trinajstić information content (AvgIpc) is 2.87. The summed E-state index contributed by atoms with van der Waals surface area (Å²) in [6.45, 7) is 0. The molecule has 0 radical (unpaired) electrons. The Morgan fingerprint density at radius 3 is 2.63 bits per heavy atom. The highest BCUT2D eigenvalue weighted by molar-refractivity contribution is 5.60. The molecule has 0 saturated heterocycles. The highest BCUT2D eigenvalue weighted by Gasteiger charge is 2.17. The topological polar surface area (TPSA) is 34.3 Å². The third-order valence-corrected chi connectivity index (χ3v) is 3.17. The predicted molar refractivity (Wildman–Crippen MR) is 71.6 cm³/mol. The molecule has 3 aromatic heterocycles. The van der Waals surface area contributed by atoms with Gasteiger partial charge in [0.05, 0.1) is 12.4 Å². The molecule has 0 aliphatic carbocycles. The summed E-state index contributed by atoms with van der Waals surface area (Å²) in [6, 6.07) is 18.1. The van der Waals surface area contributed by atoms with Crippen molar-refractivity contribution < 1.29 is 4.40 Å². The van der Waals surface area contributed by atoms with Gasteiger partial charge in [0.1, 0.15) is 5.69 Å². The highest BCUT2D eigenvalue weighted by atomic mass is 15.4. The van der Waals surface area contributed by atoms with Crippen LogP contribution in [0.3, 0.4) is 0 Å². The Kier molecular flexibility index (Phi) is 2.08. The van der Waals surface area contributed by atoms with E-state index in [0.717, 1.165) is 22.7 Å². The molecule has 0 amide bonds. The molecule has 0 bridgehead atoms. The van der Waals surface area contributed by atoms with E-state index in [1.807, 2.05) is 63.8 Å². The van der Waals surface area contributed by atoms with E-state index in [2.05, 4.69) is 22.2 Å². The van der Waals surface area contributed by atoms with E-state index in [1.54, 1.807) is 0 Å². The largest absolute Gasteiger partial charge is 0.392 e. The van der Waals surface area contributed by atoms with Gasteiger partial charge in [-0.25, -0.2) is 0 Å². The molecular weight excluding hydrogens is 236 g/mol. The van der Waals surface area contributed by atoms with E-state index in [4.69, 9.17) is 0 Å². The third-order valence-electron chi connectivity index (χ3n) is 3.17. The van der Waals surface area contributed by atoms with Gasteiger partial charge in [0.2, 0.25) is 0 Å². The Labute approximate surface area is 109 Å². The fourth-order valence-electron chi connectivity index (χ4n) is 2.28. The van der Waals surface area contributed by atoms with Gasteiger partial charge in [-0.2, -0.15) is 4.40 Å². The van der Waals surface area contributed by atoms with Crippen molar-refractivity contribution in [3.63, 3.8) is 0 Å².